The van der Waals surface area contributed by atoms with Gasteiger partial charge in [0.05, 0.1) is 0 Å². The van der Waals surface area contributed by atoms with E-state index < -0.39 is 0 Å². The first kappa shape index (κ1) is 16.2. The van der Waals surface area contributed by atoms with E-state index in [0.29, 0.717) is 25.2 Å². The van der Waals surface area contributed by atoms with Gasteiger partial charge in [0.1, 0.15) is 5.82 Å². The molecule has 2 heterocycles. The molecule has 0 atom stereocenters. The van der Waals surface area contributed by atoms with E-state index in [9.17, 15) is 9.18 Å². The van der Waals surface area contributed by atoms with Gasteiger partial charge in [-0.05, 0) is 36.2 Å². The smallest absolute Gasteiger partial charge is 0.317 e. The molecule has 6 heteroatoms. The quantitative estimate of drug-likeness (QED) is 0.942. The predicted octanol–water partition coefficient (Wildman–Crippen LogP) is 2.56. The van der Waals surface area contributed by atoms with E-state index in [2.05, 4.69) is 15.2 Å². The third kappa shape index (κ3) is 3.82. The van der Waals surface area contributed by atoms with Crippen molar-refractivity contribution in [2.75, 3.05) is 31.1 Å². The molecule has 0 unspecified atom stereocenters. The SMILES string of the molecule is Cc1ccc(CNC(=O)N2CCN(c3ccncc3)CC2)cc1F. The van der Waals surface area contributed by atoms with Gasteiger partial charge in [-0.1, -0.05) is 12.1 Å². The zero-order valence-electron chi connectivity index (χ0n) is 13.7. The number of anilines is 1. The highest BCUT2D eigenvalue weighted by Crippen LogP contribution is 2.15. The molecule has 0 saturated carbocycles. The fourth-order valence-electron chi connectivity index (χ4n) is 2.76. The Hall–Kier alpha value is -2.63. The molecular formula is C18H21FN4O. The summed E-state index contributed by atoms with van der Waals surface area (Å²) in [5.41, 5.74) is 2.50. The topological polar surface area (TPSA) is 48.5 Å². The molecule has 126 valence electrons. The molecule has 24 heavy (non-hydrogen) atoms. The van der Waals surface area contributed by atoms with Crippen LogP contribution >= 0.6 is 0 Å². The minimum absolute atomic E-state index is 0.106. The lowest BCUT2D eigenvalue weighted by Crippen LogP contribution is -2.51. The van der Waals surface area contributed by atoms with Gasteiger partial charge in [0.25, 0.3) is 0 Å². The fourth-order valence-corrected chi connectivity index (χ4v) is 2.76. The molecule has 3 rings (SSSR count). The van der Waals surface area contributed by atoms with Crippen molar-refractivity contribution in [2.45, 2.75) is 13.5 Å². The Bertz CT molecular complexity index is 699. The molecule has 0 spiro atoms. The summed E-state index contributed by atoms with van der Waals surface area (Å²) in [6.07, 6.45) is 3.55. The lowest BCUT2D eigenvalue weighted by molar-refractivity contribution is 0.194. The molecule has 1 aliphatic heterocycles. The molecule has 1 N–H and O–H groups in total. The summed E-state index contributed by atoms with van der Waals surface area (Å²) in [5.74, 6) is -0.243. The summed E-state index contributed by atoms with van der Waals surface area (Å²) >= 11 is 0. The van der Waals surface area contributed by atoms with Gasteiger partial charge in [0.15, 0.2) is 0 Å². The normalized spacial score (nSPS) is 14.6. The number of halogens is 1. The van der Waals surface area contributed by atoms with Gasteiger partial charge in [-0.3, -0.25) is 4.98 Å². The largest absolute Gasteiger partial charge is 0.368 e. The van der Waals surface area contributed by atoms with Crippen LogP contribution in [0.3, 0.4) is 0 Å². The summed E-state index contributed by atoms with van der Waals surface area (Å²) in [6, 6.07) is 8.87. The van der Waals surface area contributed by atoms with Gasteiger partial charge in [0, 0.05) is 50.8 Å². The fraction of sp³-hybridized carbons (Fsp3) is 0.333. The van der Waals surface area contributed by atoms with Crippen LogP contribution in [-0.2, 0) is 6.54 Å². The summed E-state index contributed by atoms with van der Waals surface area (Å²) < 4.78 is 13.5. The second-order valence-corrected chi connectivity index (χ2v) is 5.92. The van der Waals surface area contributed by atoms with Crippen LogP contribution in [0, 0.1) is 12.7 Å². The van der Waals surface area contributed by atoms with Crippen LogP contribution in [0.15, 0.2) is 42.7 Å². The van der Waals surface area contributed by atoms with Crippen LogP contribution < -0.4 is 10.2 Å². The lowest BCUT2D eigenvalue weighted by Gasteiger charge is -2.36. The first-order chi connectivity index (χ1) is 11.6. The van der Waals surface area contributed by atoms with E-state index in [-0.39, 0.29) is 11.8 Å². The van der Waals surface area contributed by atoms with Crippen molar-refractivity contribution < 1.29 is 9.18 Å². The Kier molecular flexibility index (Phi) is 4.93. The van der Waals surface area contributed by atoms with Crippen LogP contribution in [0.25, 0.3) is 0 Å². The van der Waals surface area contributed by atoms with Crippen molar-refractivity contribution in [2.24, 2.45) is 0 Å². The maximum absolute atomic E-state index is 13.5. The van der Waals surface area contributed by atoms with Gasteiger partial charge >= 0.3 is 6.03 Å². The van der Waals surface area contributed by atoms with Crippen molar-refractivity contribution in [1.82, 2.24) is 15.2 Å². The molecule has 0 radical (unpaired) electrons. The Morgan fingerprint density at radius 2 is 1.88 bits per heavy atom. The van der Waals surface area contributed by atoms with E-state index in [0.717, 1.165) is 24.3 Å². The number of benzene rings is 1. The predicted molar refractivity (Wildman–Crippen MR) is 91.4 cm³/mol. The number of urea groups is 1. The van der Waals surface area contributed by atoms with Crippen molar-refractivity contribution in [3.8, 4) is 0 Å². The average molecular weight is 328 g/mol. The van der Waals surface area contributed by atoms with Crippen molar-refractivity contribution in [3.05, 3.63) is 59.7 Å². The minimum Gasteiger partial charge on any atom is -0.368 e. The molecule has 0 aliphatic carbocycles. The second-order valence-electron chi connectivity index (χ2n) is 5.92. The number of pyridine rings is 1. The zero-order chi connectivity index (χ0) is 16.9. The summed E-state index contributed by atoms with van der Waals surface area (Å²) in [6.45, 7) is 4.96. The number of aromatic nitrogens is 1. The monoisotopic (exact) mass is 328 g/mol. The van der Waals surface area contributed by atoms with Crippen LogP contribution in [-0.4, -0.2) is 42.1 Å². The third-order valence-electron chi connectivity index (χ3n) is 4.27. The van der Waals surface area contributed by atoms with Gasteiger partial charge in [0.2, 0.25) is 0 Å². The molecule has 1 aromatic carbocycles. The Balaban J connectivity index is 1.49. The number of hydrogen-bond acceptors (Lipinski definition) is 3. The average Bonchev–Trinajstić information content (AvgIpc) is 2.63. The van der Waals surface area contributed by atoms with Crippen molar-refractivity contribution in [3.63, 3.8) is 0 Å². The number of carbonyl (C=O) groups excluding carboxylic acids is 1. The highest BCUT2D eigenvalue weighted by molar-refractivity contribution is 5.74. The maximum atomic E-state index is 13.5. The van der Waals surface area contributed by atoms with Gasteiger partial charge in [-0.15, -0.1) is 0 Å². The number of rotatable bonds is 3. The van der Waals surface area contributed by atoms with Gasteiger partial charge in [-0.25, -0.2) is 9.18 Å². The number of nitrogens with one attached hydrogen (secondary N) is 1. The summed E-state index contributed by atoms with van der Waals surface area (Å²) in [7, 11) is 0. The van der Waals surface area contributed by atoms with E-state index >= 15 is 0 Å². The number of carbonyl (C=O) groups is 1. The Morgan fingerprint density at radius 3 is 2.54 bits per heavy atom. The third-order valence-corrected chi connectivity index (χ3v) is 4.27. The number of nitrogens with zero attached hydrogens (tertiary/aromatic N) is 3. The molecule has 0 bridgehead atoms. The summed E-state index contributed by atoms with van der Waals surface area (Å²) in [5, 5.41) is 2.86. The highest BCUT2D eigenvalue weighted by atomic mass is 19.1. The number of hydrogen-bond donors (Lipinski definition) is 1. The number of amides is 2. The molecule has 1 aromatic heterocycles. The molecular weight excluding hydrogens is 307 g/mol. The molecule has 2 amide bonds. The van der Waals surface area contributed by atoms with Crippen molar-refractivity contribution in [1.29, 1.82) is 0 Å². The summed E-state index contributed by atoms with van der Waals surface area (Å²) in [4.78, 5) is 20.3. The first-order valence-electron chi connectivity index (χ1n) is 8.06. The second kappa shape index (κ2) is 7.29. The van der Waals surface area contributed by atoms with Crippen LogP contribution in [0.2, 0.25) is 0 Å². The number of aryl methyl sites for hydroxylation is 1. The maximum Gasteiger partial charge on any atom is 0.317 e. The van der Waals surface area contributed by atoms with E-state index in [1.165, 1.54) is 6.07 Å². The molecule has 5 nitrogen and oxygen atoms in total. The standard InChI is InChI=1S/C18H21FN4O/c1-14-2-3-15(12-17(14)19)13-21-18(24)23-10-8-22(9-11-23)16-4-6-20-7-5-16/h2-7,12H,8-11,13H2,1H3,(H,21,24). The van der Waals surface area contributed by atoms with Crippen LogP contribution in [0.1, 0.15) is 11.1 Å². The van der Waals surface area contributed by atoms with Crippen LogP contribution in [0.4, 0.5) is 14.9 Å². The molecule has 1 saturated heterocycles. The lowest BCUT2D eigenvalue weighted by atomic mass is 10.1. The Morgan fingerprint density at radius 1 is 1.17 bits per heavy atom. The van der Waals surface area contributed by atoms with Crippen LogP contribution in [0.5, 0.6) is 0 Å². The van der Waals surface area contributed by atoms with E-state index in [4.69, 9.17) is 0 Å². The first-order valence-corrected chi connectivity index (χ1v) is 8.06. The van der Waals surface area contributed by atoms with Gasteiger partial charge < -0.3 is 15.1 Å². The highest BCUT2D eigenvalue weighted by Gasteiger charge is 2.21. The Labute approximate surface area is 141 Å². The van der Waals surface area contributed by atoms with E-state index in [1.807, 2.05) is 18.2 Å². The van der Waals surface area contributed by atoms with Gasteiger partial charge in [-0.2, -0.15) is 0 Å². The zero-order valence-corrected chi connectivity index (χ0v) is 13.7. The minimum atomic E-state index is -0.243. The van der Waals surface area contributed by atoms with Crippen molar-refractivity contribution >= 4 is 11.7 Å². The molecule has 2 aromatic rings. The molecule has 1 fully saturated rings. The van der Waals surface area contributed by atoms with E-state index in [1.54, 1.807) is 30.3 Å². The number of piperazine rings is 1. The molecule has 1 aliphatic rings.